The summed E-state index contributed by atoms with van der Waals surface area (Å²) in [6.07, 6.45) is 3.89. The summed E-state index contributed by atoms with van der Waals surface area (Å²) in [7, 11) is 0. The zero-order valence-corrected chi connectivity index (χ0v) is 22.3. The Balaban J connectivity index is 1.30. The Morgan fingerprint density at radius 3 is 2.36 bits per heavy atom. The van der Waals surface area contributed by atoms with Gasteiger partial charge in [-0.3, -0.25) is 9.55 Å². The van der Waals surface area contributed by atoms with Gasteiger partial charge in [0.05, 0.1) is 27.6 Å². The van der Waals surface area contributed by atoms with Gasteiger partial charge in [0, 0.05) is 18.1 Å². The summed E-state index contributed by atoms with van der Waals surface area (Å²) >= 11 is 7.61. The third-order valence-corrected chi connectivity index (χ3v) is 8.11. The average molecular weight is 546 g/mol. The second-order valence-corrected chi connectivity index (χ2v) is 10.6. The molecule has 1 fully saturated rings. The molecule has 4 heterocycles. The Morgan fingerprint density at radius 1 is 0.795 bits per heavy atom. The number of aromatic nitrogens is 3. The van der Waals surface area contributed by atoms with Crippen LogP contribution in [0.5, 0.6) is 11.5 Å². The van der Waals surface area contributed by atoms with E-state index in [0.29, 0.717) is 5.11 Å². The molecule has 39 heavy (non-hydrogen) atoms. The number of fused-ring (bicyclic) bond motifs is 1. The van der Waals surface area contributed by atoms with Crippen molar-refractivity contribution in [3.63, 3.8) is 0 Å². The van der Waals surface area contributed by atoms with Crippen molar-refractivity contribution in [2.24, 2.45) is 0 Å². The van der Waals surface area contributed by atoms with Crippen molar-refractivity contribution in [1.29, 1.82) is 0 Å². The minimum Gasteiger partial charge on any atom is -0.457 e. The van der Waals surface area contributed by atoms with Crippen molar-refractivity contribution in [3.8, 4) is 16.6 Å². The molecule has 3 aromatic carbocycles. The third kappa shape index (κ3) is 4.43. The quantitative estimate of drug-likeness (QED) is 0.219. The summed E-state index contributed by atoms with van der Waals surface area (Å²) in [5, 5.41) is 5.11. The first-order valence-electron chi connectivity index (χ1n) is 12.6. The molecule has 6 nitrogen and oxygen atoms in total. The number of thiazole rings is 1. The minimum absolute atomic E-state index is 0.151. The van der Waals surface area contributed by atoms with Gasteiger partial charge < -0.3 is 15.0 Å². The maximum Gasteiger partial charge on any atom is 0.194 e. The molecule has 1 aliphatic rings. The van der Waals surface area contributed by atoms with E-state index in [0.717, 1.165) is 43.9 Å². The molecule has 2 atom stereocenters. The number of nitrogens with one attached hydrogen (secondary N) is 1. The molecular weight excluding hydrogens is 523 g/mol. The fourth-order valence-electron chi connectivity index (χ4n) is 5.01. The first-order chi connectivity index (χ1) is 19.2. The van der Waals surface area contributed by atoms with Gasteiger partial charge in [-0.15, -0.1) is 0 Å². The zero-order chi connectivity index (χ0) is 26.2. The number of para-hydroxylation sites is 2. The monoisotopic (exact) mass is 545 g/mol. The molecule has 7 rings (SSSR count). The molecule has 6 aromatic rings. The van der Waals surface area contributed by atoms with Gasteiger partial charge in [0.15, 0.2) is 10.2 Å². The van der Waals surface area contributed by atoms with E-state index in [1.54, 1.807) is 11.3 Å². The van der Waals surface area contributed by atoms with Crippen molar-refractivity contribution in [1.82, 2.24) is 19.9 Å². The Bertz CT molecular complexity index is 1720. The fraction of sp³-hybridized carbons (Fsp3) is 0.0645. The van der Waals surface area contributed by atoms with Crippen LogP contribution < -0.4 is 15.0 Å². The summed E-state index contributed by atoms with van der Waals surface area (Å²) in [6, 6.07) is 35.9. The van der Waals surface area contributed by atoms with Crippen molar-refractivity contribution in [2.75, 3.05) is 4.90 Å². The molecule has 1 saturated heterocycles. The molecule has 3 aromatic heterocycles. The summed E-state index contributed by atoms with van der Waals surface area (Å²) in [5.41, 5.74) is 3.95. The van der Waals surface area contributed by atoms with Crippen LogP contribution in [0.2, 0.25) is 0 Å². The van der Waals surface area contributed by atoms with Crippen molar-refractivity contribution in [2.45, 2.75) is 12.1 Å². The van der Waals surface area contributed by atoms with Gasteiger partial charge >= 0.3 is 0 Å². The van der Waals surface area contributed by atoms with Crippen LogP contribution in [0.15, 0.2) is 122 Å². The number of hydrogen-bond donors (Lipinski definition) is 1. The minimum atomic E-state index is -0.157. The van der Waals surface area contributed by atoms with E-state index in [2.05, 4.69) is 39.2 Å². The van der Waals surface area contributed by atoms with Crippen molar-refractivity contribution in [3.05, 3.63) is 133 Å². The van der Waals surface area contributed by atoms with E-state index < -0.39 is 0 Å². The Morgan fingerprint density at radius 2 is 1.56 bits per heavy atom. The van der Waals surface area contributed by atoms with Crippen LogP contribution in [0.25, 0.3) is 15.3 Å². The van der Waals surface area contributed by atoms with Gasteiger partial charge in [-0.25, -0.2) is 4.98 Å². The van der Waals surface area contributed by atoms with Crippen LogP contribution >= 0.6 is 23.6 Å². The van der Waals surface area contributed by atoms with Crippen LogP contribution in [-0.4, -0.2) is 19.6 Å². The van der Waals surface area contributed by atoms with Crippen LogP contribution in [-0.2, 0) is 0 Å². The number of thiocarbonyl (C=S) groups is 1. The van der Waals surface area contributed by atoms with Crippen molar-refractivity contribution < 1.29 is 4.74 Å². The summed E-state index contributed by atoms with van der Waals surface area (Å²) in [5.74, 6) is 1.56. The predicted molar refractivity (Wildman–Crippen MR) is 160 cm³/mol. The highest BCUT2D eigenvalue weighted by molar-refractivity contribution is 7.80. The average Bonchev–Trinajstić information content (AvgIpc) is 3.71. The molecule has 0 radical (unpaired) electrons. The second kappa shape index (κ2) is 9.98. The molecule has 0 bridgehead atoms. The lowest BCUT2D eigenvalue weighted by Gasteiger charge is -2.28. The van der Waals surface area contributed by atoms with Crippen molar-refractivity contribution >= 4 is 44.6 Å². The normalized spacial score (nSPS) is 16.9. The molecule has 8 heteroatoms. The number of nitrogens with zero attached hydrogens (tertiary/aromatic N) is 4. The summed E-state index contributed by atoms with van der Waals surface area (Å²) in [6.45, 7) is 0. The van der Waals surface area contributed by atoms with E-state index in [-0.39, 0.29) is 12.1 Å². The standard InChI is InChI=1S/C31H23N5OS2/c38-30-34-28(25-12-6-7-19-32-25)29(26-13-8-20-35(26)31-33-24-11-4-5-14-27(24)39-31)36(30)21-15-17-23(18-16-21)37-22-9-2-1-3-10-22/h1-20,28-29H,(H,34,38)/t28-,29+/m1/s1. The SMILES string of the molecule is S=C1N[C@H](c2ccccn2)[C@H](c2cccn2-c2nc3ccccc3s2)N1c1ccc(Oc2ccccc2)cc1. The fourth-order valence-corrected chi connectivity index (χ4v) is 6.32. The molecule has 0 spiro atoms. The van der Waals surface area contributed by atoms with Crippen LogP contribution in [0.3, 0.4) is 0 Å². The molecule has 190 valence electrons. The molecule has 0 aliphatic carbocycles. The summed E-state index contributed by atoms with van der Waals surface area (Å²) < 4.78 is 9.35. The predicted octanol–water partition coefficient (Wildman–Crippen LogP) is 7.45. The van der Waals surface area contributed by atoms with Gasteiger partial charge in [-0.1, -0.05) is 47.7 Å². The highest BCUT2D eigenvalue weighted by atomic mass is 32.1. The van der Waals surface area contributed by atoms with Crippen LogP contribution in [0.1, 0.15) is 23.5 Å². The summed E-state index contributed by atoms with van der Waals surface area (Å²) in [4.78, 5) is 11.8. The van der Waals surface area contributed by atoms with E-state index in [9.17, 15) is 0 Å². The van der Waals surface area contributed by atoms with Crippen LogP contribution in [0, 0.1) is 0 Å². The second-order valence-electron chi connectivity index (χ2n) is 9.17. The Kier molecular flexibility index (Phi) is 6.03. The first kappa shape index (κ1) is 23.6. The highest BCUT2D eigenvalue weighted by Gasteiger charge is 2.42. The third-order valence-electron chi connectivity index (χ3n) is 6.76. The number of benzene rings is 3. The molecule has 0 saturated carbocycles. The van der Waals surface area contributed by atoms with Gasteiger partial charge in [0.25, 0.3) is 0 Å². The Labute approximate surface area is 235 Å². The molecule has 1 N–H and O–H groups in total. The number of hydrogen-bond acceptors (Lipinski definition) is 5. The van der Waals surface area contributed by atoms with Gasteiger partial charge in [0.2, 0.25) is 0 Å². The number of rotatable bonds is 6. The smallest absolute Gasteiger partial charge is 0.194 e. The Hall–Kier alpha value is -4.53. The maximum absolute atomic E-state index is 6.03. The highest BCUT2D eigenvalue weighted by Crippen LogP contribution is 2.43. The maximum atomic E-state index is 6.03. The lowest BCUT2D eigenvalue weighted by Crippen LogP contribution is -2.30. The molecular formula is C31H23N5OS2. The van der Waals surface area contributed by atoms with Crippen LogP contribution in [0.4, 0.5) is 5.69 Å². The van der Waals surface area contributed by atoms with E-state index in [1.807, 2.05) is 97.2 Å². The van der Waals surface area contributed by atoms with Gasteiger partial charge in [-0.05, 0) is 85.0 Å². The van der Waals surface area contributed by atoms with E-state index in [4.69, 9.17) is 26.9 Å². The molecule has 1 aliphatic heterocycles. The van der Waals surface area contributed by atoms with E-state index >= 15 is 0 Å². The topological polar surface area (TPSA) is 55.2 Å². The number of anilines is 1. The first-order valence-corrected chi connectivity index (χ1v) is 13.8. The molecule has 0 amide bonds. The van der Waals surface area contributed by atoms with Gasteiger partial charge in [0.1, 0.15) is 17.5 Å². The largest absolute Gasteiger partial charge is 0.457 e. The molecule has 0 unspecified atom stereocenters. The lowest BCUT2D eigenvalue weighted by molar-refractivity contribution is 0.482. The number of pyridine rings is 1. The number of ether oxygens (including phenoxy) is 1. The van der Waals surface area contributed by atoms with E-state index in [1.165, 1.54) is 0 Å². The lowest BCUT2D eigenvalue weighted by atomic mass is 10.0. The zero-order valence-electron chi connectivity index (χ0n) is 20.7. The van der Waals surface area contributed by atoms with Gasteiger partial charge in [-0.2, -0.15) is 0 Å².